The maximum Gasteiger partial charge on any atom is 0.262 e. The predicted octanol–water partition coefficient (Wildman–Crippen LogP) is 4.24. The molecule has 1 aromatic heterocycles. The molecule has 5 nitrogen and oxygen atoms in total. The zero-order chi connectivity index (χ0) is 18.0. The molecule has 2 aromatic carbocycles. The maximum absolute atomic E-state index is 12.8. The quantitative estimate of drug-likeness (QED) is 0.725. The number of hydrogen-bond acceptors (Lipinski definition) is 5. The summed E-state index contributed by atoms with van der Waals surface area (Å²) >= 11 is 1.53. The Labute approximate surface area is 151 Å². The number of aromatic nitrogens is 1. The molecular formula is C18H18N2O3S2. The first-order valence-corrected chi connectivity index (χ1v) is 9.95. The van der Waals surface area contributed by atoms with Crippen molar-refractivity contribution in [3.05, 3.63) is 58.4 Å². The van der Waals surface area contributed by atoms with Crippen molar-refractivity contribution in [2.75, 3.05) is 11.8 Å². The van der Waals surface area contributed by atoms with Gasteiger partial charge in [0.05, 0.1) is 28.4 Å². The molecule has 0 aliphatic heterocycles. The summed E-state index contributed by atoms with van der Waals surface area (Å²) in [5, 5.41) is 2.86. The third-order valence-corrected chi connectivity index (χ3v) is 6.01. The van der Waals surface area contributed by atoms with E-state index in [0.29, 0.717) is 17.0 Å². The minimum absolute atomic E-state index is 0.235. The highest BCUT2D eigenvalue weighted by atomic mass is 32.2. The van der Waals surface area contributed by atoms with Crippen LogP contribution in [0.15, 0.2) is 52.7 Å². The molecule has 0 atom stereocenters. The first-order valence-electron chi connectivity index (χ1n) is 7.59. The zero-order valence-electron chi connectivity index (χ0n) is 14.1. The van der Waals surface area contributed by atoms with Gasteiger partial charge in [-0.1, -0.05) is 18.2 Å². The average Bonchev–Trinajstić information content (AvgIpc) is 3.01. The van der Waals surface area contributed by atoms with Crippen LogP contribution in [0.5, 0.6) is 5.75 Å². The number of sulfonamides is 1. The van der Waals surface area contributed by atoms with Crippen LogP contribution in [-0.4, -0.2) is 20.5 Å². The topological polar surface area (TPSA) is 68.3 Å². The molecule has 130 valence electrons. The summed E-state index contributed by atoms with van der Waals surface area (Å²) in [6.07, 6.45) is 0. The molecular weight excluding hydrogens is 356 g/mol. The van der Waals surface area contributed by atoms with Crippen LogP contribution in [0.2, 0.25) is 0 Å². The largest absolute Gasteiger partial charge is 0.497 e. The lowest BCUT2D eigenvalue weighted by molar-refractivity contribution is 0.415. The summed E-state index contributed by atoms with van der Waals surface area (Å²) in [5.41, 5.74) is 2.68. The fourth-order valence-electron chi connectivity index (χ4n) is 2.44. The lowest BCUT2D eigenvalue weighted by atomic mass is 10.1. The van der Waals surface area contributed by atoms with Crippen LogP contribution in [0.4, 0.5) is 5.69 Å². The van der Waals surface area contributed by atoms with Crippen molar-refractivity contribution in [3.8, 4) is 17.0 Å². The lowest BCUT2D eigenvalue weighted by Crippen LogP contribution is -2.14. The molecule has 1 N–H and O–H groups in total. The van der Waals surface area contributed by atoms with Gasteiger partial charge in [0, 0.05) is 17.0 Å². The minimum atomic E-state index is -3.72. The Morgan fingerprint density at radius 2 is 1.92 bits per heavy atom. The highest BCUT2D eigenvalue weighted by molar-refractivity contribution is 7.92. The fourth-order valence-corrected chi connectivity index (χ4v) is 4.38. The van der Waals surface area contributed by atoms with E-state index in [9.17, 15) is 8.42 Å². The second-order valence-corrected chi connectivity index (χ2v) is 8.28. The molecule has 0 spiro atoms. The summed E-state index contributed by atoms with van der Waals surface area (Å²) in [4.78, 5) is 4.66. The van der Waals surface area contributed by atoms with Gasteiger partial charge in [0.1, 0.15) is 5.75 Å². The summed E-state index contributed by atoms with van der Waals surface area (Å²) in [7, 11) is -2.18. The van der Waals surface area contributed by atoms with Crippen LogP contribution < -0.4 is 9.46 Å². The van der Waals surface area contributed by atoms with Gasteiger partial charge in [0.15, 0.2) is 0 Å². The Hall–Kier alpha value is -2.38. The Bertz CT molecular complexity index is 1010. The monoisotopic (exact) mass is 374 g/mol. The first-order chi connectivity index (χ1) is 11.9. The number of thiazole rings is 1. The molecule has 3 rings (SSSR count). The van der Waals surface area contributed by atoms with Crippen molar-refractivity contribution in [1.29, 1.82) is 0 Å². The van der Waals surface area contributed by atoms with Crippen LogP contribution >= 0.6 is 11.3 Å². The van der Waals surface area contributed by atoms with Crippen LogP contribution in [0, 0.1) is 13.8 Å². The molecule has 0 aliphatic rings. The normalized spacial score (nSPS) is 11.3. The SMILES string of the molecule is COc1cccc(NS(=O)(=O)c2cc(-c3csc(C)n3)ccc2C)c1. The standard InChI is InChI=1S/C18H18N2O3S2/c1-12-7-8-14(17-11-24-13(2)19-17)9-18(12)25(21,22)20-15-5-4-6-16(10-15)23-3/h4-11,20H,1-3H3. The molecule has 3 aromatic rings. The number of ether oxygens (including phenoxy) is 1. The van der Waals surface area contributed by atoms with Gasteiger partial charge in [-0.25, -0.2) is 13.4 Å². The van der Waals surface area contributed by atoms with E-state index < -0.39 is 10.0 Å². The van der Waals surface area contributed by atoms with Crippen LogP contribution in [0.3, 0.4) is 0 Å². The van der Waals surface area contributed by atoms with Crippen LogP contribution in [0.1, 0.15) is 10.6 Å². The van der Waals surface area contributed by atoms with Crippen LogP contribution in [-0.2, 0) is 10.0 Å². The third-order valence-electron chi connectivity index (χ3n) is 3.71. The third kappa shape index (κ3) is 3.83. The molecule has 0 fully saturated rings. The van der Waals surface area contributed by atoms with Crippen molar-refractivity contribution in [1.82, 2.24) is 4.98 Å². The van der Waals surface area contributed by atoms with E-state index in [4.69, 9.17) is 4.74 Å². The first kappa shape index (κ1) is 17.4. The zero-order valence-corrected chi connectivity index (χ0v) is 15.7. The lowest BCUT2D eigenvalue weighted by Gasteiger charge is -2.12. The van der Waals surface area contributed by atoms with E-state index in [-0.39, 0.29) is 4.90 Å². The van der Waals surface area contributed by atoms with Gasteiger partial charge < -0.3 is 4.74 Å². The van der Waals surface area contributed by atoms with Gasteiger partial charge in [-0.3, -0.25) is 4.72 Å². The number of aryl methyl sites for hydroxylation is 2. The van der Waals surface area contributed by atoms with Crippen molar-refractivity contribution >= 4 is 27.0 Å². The summed E-state index contributed by atoms with van der Waals surface area (Å²) in [6, 6.07) is 12.2. The highest BCUT2D eigenvalue weighted by Gasteiger charge is 2.19. The van der Waals surface area contributed by atoms with Gasteiger partial charge in [-0.05, 0) is 37.6 Å². The smallest absolute Gasteiger partial charge is 0.262 e. The second kappa shape index (κ2) is 6.85. The molecule has 0 unspecified atom stereocenters. The van der Waals surface area contributed by atoms with E-state index in [2.05, 4.69) is 9.71 Å². The molecule has 0 bridgehead atoms. The molecule has 0 radical (unpaired) electrons. The van der Waals surface area contributed by atoms with E-state index >= 15 is 0 Å². The van der Waals surface area contributed by atoms with Crippen molar-refractivity contribution in [3.63, 3.8) is 0 Å². The number of nitrogens with zero attached hydrogens (tertiary/aromatic N) is 1. The molecule has 0 saturated heterocycles. The van der Waals surface area contributed by atoms with Crippen molar-refractivity contribution in [2.45, 2.75) is 18.7 Å². The number of benzene rings is 2. The molecule has 0 aliphatic carbocycles. The number of hydrogen-bond donors (Lipinski definition) is 1. The molecule has 7 heteroatoms. The van der Waals surface area contributed by atoms with Crippen molar-refractivity contribution < 1.29 is 13.2 Å². The predicted molar refractivity (Wildman–Crippen MR) is 101 cm³/mol. The Kier molecular flexibility index (Phi) is 4.78. The minimum Gasteiger partial charge on any atom is -0.497 e. The summed E-state index contributed by atoms with van der Waals surface area (Å²) in [6.45, 7) is 3.70. The summed E-state index contributed by atoms with van der Waals surface area (Å²) < 4.78 is 33.4. The highest BCUT2D eigenvalue weighted by Crippen LogP contribution is 2.28. The van der Waals surface area contributed by atoms with Gasteiger partial charge in [0.2, 0.25) is 0 Å². The number of nitrogens with one attached hydrogen (secondary N) is 1. The second-order valence-electron chi connectivity index (χ2n) is 5.57. The number of methoxy groups -OCH3 is 1. The van der Waals surface area contributed by atoms with Gasteiger partial charge in [-0.15, -0.1) is 11.3 Å². The molecule has 0 saturated carbocycles. The van der Waals surface area contributed by atoms with E-state index in [1.54, 1.807) is 43.3 Å². The van der Waals surface area contributed by atoms with Gasteiger partial charge >= 0.3 is 0 Å². The molecule has 25 heavy (non-hydrogen) atoms. The van der Waals surface area contributed by atoms with E-state index in [0.717, 1.165) is 16.3 Å². The van der Waals surface area contributed by atoms with Crippen LogP contribution in [0.25, 0.3) is 11.3 Å². The number of rotatable bonds is 5. The maximum atomic E-state index is 12.8. The van der Waals surface area contributed by atoms with Gasteiger partial charge in [-0.2, -0.15) is 0 Å². The Morgan fingerprint density at radius 3 is 2.60 bits per heavy atom. The van der Waals surface area contributed by atoms with Crippen molar-refractivity contribution in [2.24, 2.45) is 0 Å². The number of anilines is 1. The van der Waals surface area contributed by atoms with E-state index in [1.165, 1.54) is 18.4 Å². The molecule has 1 heterocycles. The fraction of sp³-hybridized carbons (Fsp3) is 0.167. The Morgan fingerprint density at radius 1 is 1.12 bits per heavy atom. The Balaban J connectivity index is 1.98. The molecule has 0 amide bonds. The summed E-state index contributed by atoms with van der Waals surface area (Å²) in [5.74, 6) is 0.587. The van der Waals surface area contributed by atoms with Gasteiger partial charge in [0.25, 0.3) is 10.0 Å². The average molecular weight is 374 g/mol. The van der Waals surface area contributed by atoms with E-state index in [1.807, 2.05) is 18.4 Å².